The standard InChI is InChI=1S/C16H13Cl2FN2O2/c1-9(13-7-11(17)8-14(18)16(13)23)20-21-15(22)6-10-2-4-12(19)5-3-10/h2-5,7-8,23H,6H2,1H3,(H,21,22). The van der Waals surface area contributed by atoms with Gasteiger partial charge >= 0.3 is 0 Å². The number of carbonyl (C=O) groups is 1. The number of phenols is 1. The van der Waals surface area contributed by atoms with Gasteiger partial charge in [-0.25, -0.2) is 9.82 Å². The van der Waals surface area contributed by atoms with E-state index in [4.69, 9.17) is 23.2 Å². The Kier molecular flexibility index (Phi) is 5.58. The first-order valence-corrected chi connectivity index (χ1v) is 7.38. The third-order valence-corrected chi connectivity index (χ3v) is 3.55. The fraction of sp³-hybridized carbons (Fsp3) is 0.125. The first-order valence-electron chi connectivity index (χ1n) is 6.63. The third-order valence-electron chi connectivity index (χ3n) is 3.04. The Morgan fingerprint density at radius 1 is 1.26 bits per heavy atom. The maximum Gasteiger partial charge on any atom is 0.244 e. The average molecular weight is 355 g/mol. The van der Waals surface area contributed by atoms with Crippen molar-refractivity contribution in [2.75, 3.05) is 0 Å². The molecule has 0 aliphatic rings. The van der Waals surface area contributed by atoms with Crippen molar-refractivity contribution >= 4 is 34.8 Å². The zero-order valence-corrected chi connectivity index (χ0v) is 13.6. The molecule has 0 atom stereocenters. The van der Waals surface area contributed by atoms with E-state index in [9.17, 15) is 14.3 Å². The van der Waals surface area contributed by atoms with Crippen LogP contribution in [0.1, 0.15) is 18.1 Å². The van der Waals surface area contributed by atoms with Crippen molar-refractivity contribution in [3.05, 3.63) is 63.4 Å². The number of halogens is 3. The zero-order chi connectivity index (χ0) is 17.0. The Hall–Kier alpha value is -2.11. The van der Waals surface area contributed by atoms with Crippen LogP contribution in [0.25, 0.3) is 0 Å². The van der Waals surface area contributed by atoms with Crippen molar-refractivity contribution in [3.8, 4) is 5.75 Å². The predicted molar refractivity (Wildman–Crippen MR) is 88.6 cm³/mol. The molecule has 0 fully saturated rings. The van der Waals surface area contributed by atoms with E-state index in [1.165, 1.54) is 36.4 Å². The summed E-state index contributed by atoms with van der Waals surface area (Å²) in [6.07, 6.45) is 0.0549. The average Bonchev–Trinajstić information content (AvgIpc) is 2.50. The maximum absolute atomic E-state index is 12.8. The first kappa shape index (κ1) is 17.2. The van der Waals surface area contributed by atoms with Crippen LogP contribution in [-0.2, 0) is 11.2 Å². The van der Waals surface area contributed by atoms with Gasteiger partial charge in [0.15, 0.2) is 0 Å². The third kappa shape index (κ3) is 4.68. The number of hydrazone groups is 1. The largest absolute Gasteiger partial charge is 0.506 e. The number of hydrogen-bond acceptors (Lipinski definition) is 3. The molecule has 2 N–H and O–H groups in total. The van der Waals surface area contributed by atoms with Gasteiger partial charge < -0.3 is 5.11 Å². The van der Waals surface area contributed by atoms with Crippen LogP contribution < -0.4 is 5.43 Å². The first-order chi connectivity index (χ1) is 10.9. The Labute approximate surface area is 142 Å². The van der Waals surface area contributed by atoms with Crippen LogP contribution in [0, 0.1) is 5.82 Å². The van der Waals surface area contributed by atoms with Gasteiger partial charge in [-0.2, -0.15) is 5.10 Å². The molecule has 0 aliphatic carbocycles. The molecule has 0 saturated carbocycles. The van der Waals surface area contributed by atoms with E-state index >= 15 is 0 Å². The number of nitrogens with zero attached hydrogens (tertiary/aromatic N) is 1. The number of aromatic hydroxyl groups is 1. The lowest BCUT2D eigenvalue weighted by Crippen LogP contribution is -2.21. The van der Waals surface area contributed by atoms with Crippen LogP contribution in [0.2, 0.25) is 10.0 Å². The van der Waals surface area contributed by atoms with Crippen LogP contribution >= 0.6 is 23.2 Å². The van der Waals surface area contributed by atoms with Gasteiger partial charge in [0, 0.05) is 10.6 Å². The topological polar surface area (TPSA) is 61.7 Å². The SMILES string of the molecule is CC(=NNC(=O)Cc1ccc(F)cc1)c1cc(Cl)cc(Cl)c1O. The van der Waals surface area contributed by atoms with Crippen LogP contribution in [0.15, 0.2) is 41.5 Å². The van der Waals surface area contributed by atoms with Crippen molar-refractivity contribution in [1.82, 2.24) is 5.43 Å². The van der Waals surface area contributed by atoms with Gasteiger partial charge in [0.1, 0.15) is 11.6 Å². The van der Waals surface area contributed by atoms with Gasteiger partial charge in [-0.3, -0.25) is 4.79 Å². The van der Waals surface area contributed by atoms with Crippen molar-refractivity contribution in [1.29, 1.82) is 0 Å². The molecule has 1 amide bonds. The summed E-state index contributed by atoms with van der Waals surface area (Å²) in [5.41, 5.74) is 3.70. The van der Waals surface area contributed by atoms with Gasteiger partial charge in [-0.05, 0) is 36.8 Å². The van der Waals surface area contributed by atoms with E-state index in [0.717, 1.165) is 0 Å². The van der Waals surface area contributed by atoms with Gasteiger partial charge in [0.2, 0.25) is 5.91 Å². The number of carbonyl (C=O) groups excluding carboxylic acids is 1. The van der Waals surface area contributed by atoms with E-state index in [2.05, 4.69) is 10.5 Å². The van der Waals surface area contributed by atoms with E-state index in [-0.39, 0.29) is 28.9 Å². The lowest BCUT2D eigenvalue weighted by atomic mass is 10.1. The summed E-state index contributed by atoms with van der Waals surface area (Å²) in [6.45, 7) is 1.60. The number of nitrogens with one attached hydrogen (secondary N) is 1. The number of amides is 1. The van der Waals surface area contributed by atoms with E-state index < -0.39 is 0 Å². The van der Waals surface area contributed by atoms with E-state index in [1.807, 2.05) is 0 Å². The second kappa shape index (κ2) is 7.44. The summed E-state index contributed by atoms with van der Waals surface area (Å²) in [5, 5.41) is 14.3. The molecule has 0 aromatic heterocycles. The Morgan fingerprint density at radius 3 is 2.57 bits per heavy atom. The summed E-state index contributed by atoms with van der Waals surface area (Å²) < 4.78 is 12.8. The molecule has 0 unspecified atom stereocenters. The van der Waals surface area contributed by atoms with Gasteiger partial charge in [0.25, 0.3) is 0 Å². The molecule has 2 aromatic carbocycles. The van der Waals surface area contributed by atoms with E-state index in [1.54, 1.807) is 6.92 Å². The monoisotopic (exact) mass is 354 g/mol. The molecule has 0 spiro atoms. The highest BCUT2D eigenvalue weighted by Crippen LogP contribution is 2.31. The van der Waals surface area contributed by atoms with Gasteiger partial charge in [-0.1, -0.05) is 35.3 Å². The summed E-state index contributed by atoms with van der Waals surface area (Å²) in [7, 11) is 0. The van der Waals surface area contributed by atoms with Crippen molar-refractivity contribution in [2.45, 2.75) is 13.3 Å². The molecular weight excluding hydrogens is 342 g/mol. The predicted octanol–water partition coefficient (Wildman–Crippen LogP) is 3.92. The highest BCUT2D eigenvalue weighted by molar-refractivity contribution is 6.36. The molecule has 0 aliphatic heterocycles. The summed E-state index contributed by atoms with van der Waals surface area (Å²) in [6, 6.07) is 8.50. The lowest BCUT2D eigenvalue weighted by Gasteiger charge is -2.07. The second-order valence-corrected chi connectivity index (χ2v) is 5.66. The molecule has 7 heteroatoms. The number of rotatable bonds is 4. The molecule has 0 radical (unpaired) electrons. The van der Waals surface area contributed by atoms with Crippen LogP contribution in [0.4, 0.5) is 4.39 Å². The molecule has 0 bridgehead atoms. The highest BCUT2D eigenvalue weighted by Gasteiger charge is 2.11. The fourth-order valence-corrected chi connectivity index (χ4v) is 2.37. The quantitative estimate of drug-likeness (QED) is 0.645. The van der Waals surface area contributed by atoms with Gasteiger partial charge in [-0.15, -0.1) is 0 Å². The number of phenolic OH excluding ortho intramolecular Hbond substituents is 1. The molecule has 23 heavy (non-hydrogen) atoms. The minimum atomic E-state index is -0.372. The number of hydrogen-bond donors (Lipinski definition) is 2. The van der Waals surface area contributed by atoms with Gasteiger partial charge in [0.05, 0.1) is 17.2 Å². The molecule has 120 valence electrons. The summed E-state index contributed by atoms with van der Waals surface area (Å²) >= 11 is 11.7. The van der Waals surface area contributed by atoms with Crippen molar-refractivity contribution < 1.29 is 14.3 Å². The van der Waals surface area contributed by atoms with Crippen molar-refractivity contribution in [3.63, 3.8) is 0 Å². The minimum absolute atomic E-state index is 0.0549. The van der Waals surface area contributed by atoms with E-state index in [0.29, 0.717) is 21.9 Å². The lowest BCUT2D eigenvalue weighted by molar-refractivity contribution is -0.120. The molecule has 0 saturated heterocycles. The molecule has 2 aromatic rings. The molecule has 2 rings (SSSR count). The fourth-order valence-electron chi connectivity index (χ4n) is 1.88. The van der Waals surface area contributed by atoms with Crippen molar-refractivity contribution in [2.24, 2.45) is 5.10 Å². The zero-order valence-electron chi connectivity index (χ0n) is 12.1. The Balaban J connectivity index is 2.07. The smallest absolute Gasteiger partial charge is 0.244 e. The summed E-state index contributed by atoms with van der Waals surface area (Å²) in [5.74, 6) is -0.898. The highest BCUT2D eigenvalue weighted by atomic mass is 35.5. The van der Waals surface area contributed by atoms with Crippen LogP contribution in [-0.4, -0.2) is 16.7 Å². The Bertz CT molecular complexity index is 761. The molecular formula is C16H13Cl2FN2O2. The summed E-state index contributed by atoms with van der Waals surface area (Å²) in [4.78, 5) is 11.8. The van der Waals surface area contributed by atoms with Crippen LogP contribution in [0.3, 0.4) is 0 Å². The van der Waals surface area contributed by atoms with Crippen LogP contribution in [0.5, 0.6) is 5.75 Å². The number of benzene rings is 2. The molecule has 4 nitrogen and oxygen atoms in total. The Morgan fingerprint density at radius 2 is 1.91 bits per heavy atom. The second-order valence-electron chi connectivity index (χ2n) is 4.82. The normalized spacial score (nSPS) is 11.4. The minimum Gasteiger partial charge on any atom is -0.506 e. The maximum atomic E-state index is 12.8. The molecule has 0 heterocycles.